The quantitative estimate of drug-likeness (QED) is 0.588. The van der Waals surface area contributed by atoms with Gasteiger partial charge in [0.1, 0.15) is 5.75 Å². The molecule has 0 radical (unpaired) electrons. The molecular weight excluding hydrogens is 336 g/mol. The first kappa shape index (κ1) is 17.2. The predicted octanol–water partition coefficient (Wildman–Crippen LogP) is 2.63. The molecule has 2 amide bonds. The minimum Gasteiger partial charge on any atom is -0.497 e. The topological polar surface area (TPSA) is 93.2 Å². The van der Waals surface area contributed by atoms with Crippen LogP contribution in [0.1, 0.15) is 13.3 Å². The van der Waals surface area contributed by atoms with Crippen molar-refractivity contribution in [3.63, 3.8) is 0 Å². The Kier molecular flexibility index (Phi) is 6.36. The summed E-state index contributed by atoms with van der Waals surface area (Å²) in [6.07, 6.45) is 0.380. The summed E-state index contributed by atoms with van der Waals surface area (Å²) in [5, 5.41) is 13.6. The standard InChI is InChI=1S/C14H16N4O3S2/c1-3-11(19)16-13-17-18-14(23-13)22-8-12(20)15-9-5-4-6-10(7-9)21-2/h4-7H,3,8H2,1-2H3,(H,15,20)(H,16,17,19). The van der Waals surface area contributed by atoms with Crippen molar-refractivity contribution >= 4 is 45.7 Å². The second-order valence-electron chi connectivity index (χ2n) is 4.34. The molecule has 0 atom stereocenters. The van der Waals surface area contributed by atoms with Gasteiger partial charge in [0.25, 0.3) is 0 Å². The van der Waals surface area contributed by atoms with Crippen molar-refractivity contribution < 1.29 is 14.3 Å². The van der Waals surface area contributed by atoms with Gasteiger partial charge in [-0.1, -0.05) is 36.1 Å². The van der Waals surface area contributed by atoms with E-state index in [0.29, 0.717) is 27.3 Å². The van der Waals surface area contributed by atoms with Crippen LogP contribution < -0.4 is 15.4 Å². The second-order valence-corrected chi connectivity index (χ2v) is 6.54. The number of nitrogens with zero attached hydrogens (tertiary/aromatic N) is 2. The molecule has 0 aliphatic carbocycles. The number of hydrogen-bond donors (Lipinski definition) is 2. The van der Waals surface area contributed by atoms with Crippen LogP contribution in [0, 0.1) is 0 Å². The number of rotatable bonds is 7. The van der Waals surface area contributed by atoms with Crippen LogP contribution in [-0.2, 0) is 9.59 Å². The van der Waals surface area contributed by atoms with E-state index < -0.39 is 0 Å². The molecule has 2 N–H and O–H groups in total. The predicted molar refractivity (Wildman–Crippen MR) is 91.2 cm³/mol. The van der Waals surface area contributed by atoms with Gasteiger partial charge in [-0.3, -0.25) is 9.59 Å². The van der Waals surface area contributed by atoms with E-state index in [1.807, 2.05) is 0 Å². The molecule has 23 heavy (non-hydrogen) atoms. The zero-order chi connectivity index (χ0) is 16.7. The highest BCUT2D eigenvalue weighted by Crippen LogP contribution is 2.25. The summed E-state index contributed by atoms with van der Waals surface area (Å²) in [7, 11) is 1.57. The lowest BCUT2D eigenvalue weighted by atomic mass is 10.3. The van der Waals surface area contributed by atoms with E-state index in [4.69, 9.17) is 4.74 Å². The minimum atomic E-state index is -0.155. The van der Waals surface area contributed by atoms with E-state index in [2.05, 4.69) is 20.8 Å². The van der Waals surface area contributed by atoms with Gasteiger partial charge in [0.15, 0.2) is 4.34 Å². The summed E-state index contributed by atoms with van der Waals surface area (Å²) in [6, 6.07) is 7.13. The van der Waals surface area contributed by atoms with Gasteiger partial charge in [0.05, 0.1) is 12.9 Å². The summed E-state index contributed by atoms with van der Waals surface area (Å²) in [6.45, 7) is 1.76. The lowest BCUT2D eigenvalue weighted by Crippen LogP contribution is -2.13. The Balaban J connectivity index is 1.83. The Hall–Kier alpha value is -2.13. The van der Waals surface area contributed by atoms with Crippen LogP contribution in [0.3, 0.4) is 0 Å². The van der Waals surface area contributed by atoms with E-state index in [1.165, 1.54) is 23.1 Å². The Morgan fingerprint density at radius 3 is 2.83 bits per heavy atom. The molecule has 2 rings (SSSR count). The number of nitrogens with one attached hydrogen (secondary N) is 2. The Bertz CT molecular complexity index is 690. The molecule has 2 aromatic rings. The zero-order valence-corrected chi connectivity index (χ0v) is 14.3. The molecule has 9 heteroatoms. The first-order valence-corrected chi connectivity index (χ1v) is 8.61. The van der Waals surface area contributed by atoms with Gasteiger partial charge >= 0.3 is 0 Å². The first-order chi connectivity index (χ1) is 11.1. The van der Waals surface area contributed by atoms with Gasteiger partial charge < -0.3 is 15.4 Å². The van der Waals surface area contributed by atoms with E-state index in [0.717, 1.165) is 0 Å². The fourth-order valence-corrected chi connectivity index (χ4v) is 3.12. The van der Waals surface area contributed by atoms with Crippen molar-refractivity contribution in [2.75, 3.05) is 23.5 Å². The number of methoxy groups -OCH3 is 1. The molecule has 1 heterocycles. The molecule has 0 spiro atoms. The molecule has 0 bridgehead atoms. The van der Waals surface area contributed by atoms with Gasteiger partial charge in [-0.15, -0.1) is 10.2 Å². The number of aromatic nitrogens is 2. The monoisotopic (exact) mass is 352 g/mol. The lowest BCUT2D eigenvalue weighted by Gasteiger charge is -2.06. The van der Waals surface area contributed by atoms with Crippen molar-refractivity contribution in [3.8, 4) is 5.75 Å². The van der Waals surface area contributed by atoms with E-state index in [9.17, 15) is 9.59 Å². The van der Waals surface area contributed by atoms with Crippen LogP contribution in [0.15, 0.2) is 28.6 Å². The van der Waals surface area contributed by atoms with Crippen LogP contribution in [0.4, 0.5) is 10.8 Å². The number of amides is 2. The lowest BCUT2D eigenvalue weighted by molar-refractivity contribution is -0.116. The second kappa shape index (κ2) is 8.49. The molecule has 1 aromatic carbocycles. The number of ether oxygens (including phenoxy) is 1. The number of benzene rings is 1. The molecule has 122 valence electrons. The van der Waals surface area contributed by atoms with Gasteiger partial charge in [0.2, 0.25) is 16.9 Å². The Morgan fingerprint density at radius 2 is 2.09 bits per heavy atom. The van der Waals surface area contributed by atoms with Gasteiger partial charge in [-0.05, 0) is 12.1 Å². The fourth-order valence-electron chi connectivity index (χ4n) is 1.55. The number of anilines is 2. The minimum absolute atomic E-state index is 0.117. The SMILES string of the molecule is CCC(=O)Nc1nnc(SCC(=O)Nc2cccc(OC)c2)s1. The maximum Gasteiger partial charge on any atom is 0.234 e. The third-order valence-electron chi connectivity index (χ3n) is 2.65. The van der Waals surface area contributed by atoms with Crippen molar-refractivity contribution in [1.29, 1.82) is 0 Å². The van der Waals surface area contributed by atoms with E-state index in [1.54, 1.807) is 38.3 Å². The third-order valence-corrected chi connectivity index (χ3v) is 4.63. The van der Waals surface area contributed by atoms with Crippen molar-refractivity contribution in [2.45, 2.75) is 17.7 Å². The van der Waals surface area contributed by atoms with Crippen LogP contribution in [0.25, 0.3) is 0 Å². The molecular formula is C14H16N4O3S2. The van der Waals surface area contributed by atoms with Crippen molar-refractivity contribution in [2.24, 2.45) is 0 Å². The molecule has 0 aliphatic rings. The number of hydrogen-bond acceptors (Lipinski definition) is 7. The normalized spacial score (nSPS) is 10.2. The molecule has 0 unspecified atom stereocenters. The summed E-state index contributed by atoms with van der Waals surface area (Å²) in [5.74, 6) is 0.607. The highest BCUT2D eigenvalue weighted by atomic mass is 32.2. The average Bonchev–Trinajstić information content (AvgIpc) is 3.00. The summed E-state index contributed by atoms with van der Waals surface area (Å²) in [4.78, 5) is 23.2. The number of carbonyl (C=O) groups excluding carboxylic acids is 2. The molecule has 0 saturated heterocycles. The smallest absolute Gasteiger partial charge is 0.234 e. The van der Waals surface area contributed by atoms with Crippen LogP contribution >= 0.6 is 23.1 Å². The largest absolute Gasteiger partial charge is 0.497 e. The molecule has 1 aromatic heterocycles. The van der Waals surface area contributed by atoms with Crippen LogP contribution in [0.2, 0.25) is 0 Å². The molecule has 7 nitrogen and oxygen atoms in total. The highest BCUT2D eigenvalue weighted by Gasteiger charge is 2.10. The molecule has 0 aliphatic heterocycles. The van der Waals surface area contributed by atoms with Gasteiger partial charge in [-0.2, -0.15) is 0 Å². The molecule has 0 fully saturated rings. The Morgan fingerprint density at radius 1 is 1.26 bits per heavy atom. The number of thioether (sulfide) groups is 1. The maximum atomic E-state index is 11.9. The van der Waals surface area contributed by atoms with Crippen LogP contribution in [0.5, 0.6) is 5.75 Å². The summed E-state index contributed by atoms with van der Waals surface area (Å²) in [5.41, 5.74) is 0.670. The highest BCUT2D eigenvalue weighted by molar-refractivity contribution is 8.01. The third kappa shape index (κ3) is 5.53. The number of carbonyl (C=O) groups is 2. The fraction of sp³-hybridized carbons (Fsp3) is 0.286. The van der Waals surface area contributed by atoms with Crippen molar-refractivity contribution in [1.82, 2.24) is 10.2 Å². The summed E-state index contributed by atoms with van der Waals surface area (Å²) < 4.78 is 5.72. The van der Waals surface area contributed by atoms with Crippen molar-refractivity contribution in [3.05, 3.63) is 24.3 Å². The van der Waals surface area contributed by atoms with Gasteiger partial charge in [0, 0.05) is 18.2 Å². The van der Waals surface area contributed by atoms with Crippen LogP contribution in [-0.4, -0.2) is 34.9 Å². The average molecular weight is 352 g/mol. The van der Waals surface area contributed by atoms with Gasteiger partial charge in [-0.25, -0.2) is 0 Å². The first-order valence-electron chi connectivity index (χ1n) is 6.80. The molecule has 0 saturated carbocycles. The van der Waals surface area contributed by atoms with E-state index in [-0.39, 0.29) is 17.6 Å². The van der Waals surface area contributed by atoms with E-state index >= 15 is 0 Å². The Labute approximate surface area is 141 Å². The zero-order valence-electron chi connectivity index (χ0n) is 12.7. The maximum absolute atomic E-state index is 11.9. The summed E-state index contributed by atoms with van der Waals surface area (Å²) >= 11 is 2.50.